The van der Waals surface area contributed by atoms with E-state index >= 15 is 0 Å². The molecule has 6 N–H and O–H groups in total. The normalized spacial score (nSPS) is 15.5. The van der Waals surface area contributed by atoms with Crippen LogP contribution < -0.4 is 16.4 Å². The zero-order valence-corrected chi connectivity index (χ0v) is 62.5. The van der Waals surface area contributed by atoms with Gasteiger partial charge in [0.05, 0.1) is 64.4 Å². The Bertz CT molecular complexity index is 4510. The SMILES string of the molecule is CC[C@H](N)c1nc(CCCCC(=O)O)c2ccccc2n1.CC[C@H](NC(=O)OC(C)(C)C)c1nc(CCCCC(=O)OC(C)(C)C)c2ccccc2n1.CC[C@H](Nc1ncnc2c1ncn2C1CCCCO1)c1nc(CCCCC(=O)O)c2ccccc2n1.Clc1ncnc2c1ncn2C1CCCCO1. The highest BCUT2D eigenvalue weighted by Crippen LogP contribution is 2.32. The maximum absolute atomic E-state index is 12.3. The molecular formula is C77H100ClN17O10. The average molecular weight is 1460 g/mol. The maximum Gasteiger partial charge on any atom is 0.408 e. The Morgan fingerprint density at radius 3 is 1.44 bits per heavy atom. The molecule has 560 valence electrons. The lowest BCUT2D eigenvalue weighted by Crippen LogP contribution is -2.35. The van der Waals surface area contributed by atoms with Crippen LogP contribution in [0.3, 0.4) is 0 Å². The Balaban J connectivity index is 0.000000169. The number of carbonyl (C=O) groups excluding carboxylic acids is 2. The van der Waals surface area contributed by atoms with Crippen LogP contribution >= 0.6 is 11.6 Å². The van der Waals surface area contributed by atoms with Crippen LogP contribution in [0.2, 0.25) is 5.15 Å². The molecule has 9 heterocycles. The van der Waals surface area contributed by atoms with Crippen LogP contribution in [0.25, 0.3) is 55.0 Å². The molecule has 0 bridgehead atoms. The Morgan fingerprint density at radius 1 is 0.543 bits per heavy atom. The Kier molecular flexibility index (Phi) is 29.1. The molecule has 0 saturated carbocycles. The molecule has 7 aromatic heterocycles. The minimum Gasteiger partial charge on any atom is -0.481 e. The molecule has 5 atom stereocenters. The molecule has 28 heteroatoms. The van der Waals surface area contributed by atoms with Gasteiger partial charge in [0.15, 0.2) is 39.4 Å². The van der Waals surface area contributed by atoms with Crippen molar-refractivity contribution in [3.63, 3.8) is 0 Å². The number of halogens is 1. The van der Waals surface area contributed by atoms with Crippen LogP contribution in [0.5, 0.6) is 0 Å². The summed E-state index contributed by atoms with van der Waals surface area (Å²) in [5.74, 6) is 0.859. The van der Waals surface area contributed by atoms with Gasteiger partial charge < -0.3 is 45.5 Å². The van der Waals surface area contributed by atoms with Gasteiger partial charge in [0.2, 0.25) is 0 Å². The number of para-hydroxylation sites is 3. The minimum atomic E-state index is -0.771. The highest BCUT2D eigenvalue weighted by atomic mass is 35.5. The molecule has 10 aromatic rings. The number of carboxylic acid groups (broad SMARTS) is 2. The van der Waals surface area contributed by atoms with Gasteiger partial charge in [0.25, 0.3) is 0 Å². The van der Waals surface area contributed by atoms with Crippen molar-refractivity contribution in [1.82, 2.24) is 74.3 Å². The summed E-state index contributed by atoms with van der Waals surface area (Å²) in [5.41, 5.74) is 13.3. The molecule has 27 nitrogen and oxygen atoms in total. The number of hydrogen-bond donors (Lipinski definition) is 5. The number of benzene rings is 3. The number of fused-ring (bicyclic) bond motifs is 5. The predicted molar refractivity (Wildman–Crippen MR) is 402 cm³/mol. The van der Waals surface area contributed by atoms with E-state index < -0.39 is 29.2 Å². The fourth-order valence-corrected chi connectivity index (χ4v) is 12.4. The van der Waals surface area contributed by atoms with Crippen molar-refractivity contribution in [3.05, 3.63) is 138 Å². The molecule has 0 spiro atoms. The lowest BCUT2D eigenvalue weighted by Gasteiger charge is -2.23. The van der Waals surface area contributed by atoms with Crippen molar-refractivity contribution in [1.29, 1.82) is 0 Å². The number of nitrogens with two attached hydrogens (primary N) is 1. The molecule has 2 aliphatic heterocycles. The third-order valence-corrected chi connectivity index (χ3v) is 17.8. The Morgan fingerprint density at radius 2 is 0.981 bits per heavy atom. The summed E-state index contributed by atoms with van der Waals surface area (Å²) in [6, 6.07) is 23.0. The van der Waals surface area contributed by atoms with Crippen LogP contribution in [0.15, 0.2) is 98.1 Å². The lowest BCUT2D eigenvalue weighted by molar-refractivity contribution is -0.155. The highest BCUT2D eigenvalue weighted by Gasteiger charge is 2.26. The smallest absolute Gasteiger partial charge is 0.408 e. The van der Waals surface area contributed by atoms with Gasteiger partial charge in [0, 0.05) is 48.6 Å². The van der Waals surface area contributed by atoms with Gasteiger partial charge in [-0.15, -0.1) is 0 Å². The van der Waals surface area contributed by atoms with E-state index in [0.29, 0.717) is 78.0 Å². The molecule has 3 aromatic carbocycles. The fraction of sp³-hybridized carbons (Fsp3) is 0.506. The molecule has 0 aliphatic carbocycles. The average Bonchev–Trinajstić information content (AvgIpc) is 0.814. The Hall–Kier alpha value is -9.57. The number of hydrogen-bond acceptors (Lipinski definition) is 22. The van der Waals surface area contributed by atoms with E-state index in [9.17, 15) is 19.2 Å². The minimum absolute atomic E-state index is 0.0321. The fourth-order valence-electron chi connectivity index (χ4n) is 12.2. The second-order valence-corrected chi connectivity index (χ2v) is 28.4. The summed E-state index contributed by atoms with van der Waals surface area (Å²) in [6.45, 7) is 18.7. The number of esters is 1. The van der Waals surface area contributed by atoms with Gasteiger partial charge in [-0.25, -0.2) is 64.6 Å². The molecule has 1 amide bonds. The molecule has 2 unspecified atom stereocenters. The van der Waals surface area contributed by atoms with E-state index in [1.54, 1.807) is 19.0 Å². The largest absolute Gasteiger partial charge is 0.481 e. The number of nitrogens with zero attached hydrogens (tertiary/aromatic N) is 14. The molecule has 2 aliphatic rings. The number of amides is 1. The molecular weight excluding hydrogens is 1360 g/mol. The monoisotopic (exact) mass is 1460 g/mol. The van der Waals surface area contributed by atoms with Crippen LogP contribution in [-0.4, -0.2) is 128 Å². The zero-order valence-electron chi connectivity index (χ0n) is 61.8. The number of carboxylic acids is 2. The van der Waals surface area contributed by atoms with Crippen LogP contribution in [0, 0.1) is 0 Å². The maximum atomic E-state index is 12.3. The summed E-state index contributed by atoms with van der Waals surface area (Å²) >= 11 is 5.94. The van der Waals surface area contributed by atoms with Crippen molar-refractivity contribution < 1.29 is 48.3 Å². The van der Waals surface area contributed by atoms with Crippen molar-refractivity contribution in [2.45, 2.75) is 239 Å². The molecule has 2 saturated heterocycles. The lowest BCUT2D eigenvalue weighted by atomic mass is 10.1. The van der Waals surface area contributed by atoms with Crippen molar-refractivity contribution in [2.24, 2.45) is 5.73 Å². The van der Waals surface area contributed by atoms with E-state index in [1.165, 1.54) is 12.7 Å². The summed E-state index contributed by atoms with van der Waals surface area (Å²) in [4.78, 5) is 100. The van der Waals surface area contributed by atoms with Gasteiger partial charge in [0.1, 0.15) is 47.7 Å². The van der Waals surface area contributed by atoms with E-state index in [-0.39, 0.29) is 49.4 Å². The van der Waals surface area contributed by atoms with E-state index in [0.717, 1.165) is 151 Å². The molecule has 105 heavy (non-hydrogen) atoms. The first-order chi connectivity index (χ1) is 50.5. The number of ether oxygens (including phenoxy) is 4. The number of anilines is 1. The van der Waals surface area contributed by atoms with Gasteiger partial charge in [-0.3, -0.25) is 23.5 Å². The first-order valence-corrected chi connectivity index (χ1v) is 37.0. The van der Waals surface area contributed by atoms with E-state index in [4.69, 9.17) is 66.4 Å². The molecule has 2 fully saturated rings. The zero-order chi connectivity index (χ0) is 75.0. The quantitative estimate of drug-likeness (QED) is 0.0191. The van der Waals surface area contributed by atoms with Crippen molar-refractivity contribution in [2.75, 3.05) is 18.5 Å². The number of aryl methyl sites for hydroxylation is 3. The predicted octanol–water partition coefficient (Wildman–Crippen LogP) is 15.5. The summed E-state index contributed by atoms with van der Waals surface area (Å²) in [5, 5.41) is 27.5. The number of unbranched alkanes of at least 4 members (excludes halogenated alkanes) is 3. The number of aromatic nitrogens is 14. The first-order valence-electron chi connectivity index (χ1n) is 36.7. The third-order valence-electron chi connectivity index (χ3n) is 17.5. The number of nitrogens with one attached hydrogen (secondary N) is 2. The number of rotatable bonds is 26. The van der Waals surface area contributed by atoms with E-state index in [2.05, 4.69) is 57.4 Å². The molecule has 0 radical (unpaired) electrons. The van der Waals surface area contributed by atoms with E-state index in [1.807, 2.05) is 137 Å². The highest BCUT2D eigenvalue weighted by molar-refractivity contribution is 6.33. The van der Waals surface area contributed by atoms with Crippen LogP contribution in [0.1, 0.15) is 243 Å². The number of aliphatic carboxylic acids is 2. The summed E-state index contributed by atoms with van der Waals surface area (Å²) in [7, 11) is 0. The Labute approximate surface area is 617 Å². The van der Waals surface area contributed by atoms with Gasteiger partial charge in [-0.05, 0) is 175 Å². The molecule has 12 rings (SSSR count). The first kappa shape index (κ1) is 79.5. The number of imidazole rings is 2. The standard InChI is InChI=1S/C26H31N7O3.C25H37N3O4.C16H21N3O2.C10H11ClN4O/c1-2-18(24-31-19-10-4-3-9-17(19)20(32-24)11-5-6-13-22(34)35)30-25-23-26(28-15-27-25)33(16-29-23)21-12-7-8-14-36-21;1-8-18(28-23(30)32-25(5,6)7)22-26-19-14-10-9-13-17(19)20(27-22)15-11-12-16-21(29)31-24(2,3)4;1-2-12(17)16-18-13-8-4-3-7-11(13)14(19-16)9-5-6-10-15(20)21;11-9-8-10(13-5-12-9)15(6-14-8)7-3-1-2-4-16-7/h3-4,9-10,15-16,18,21H,2,5-8,11-14H2,1H3,(H,34,35)(H,27,28,30);9-10,13-14,18H,8,11-12,15-16H2,1-7H3,(H,28,30);3-4,7-8,12H,2,5-6,9-10,17H2,1H3,(H,20,21);5-7H,1-4H2/t18-,21?;18-;12-;/m000./s1. The summed E-state index contributed by atoms with van der Waals surface area (Å²) in [6.07, 6.45) is 21.8. The number of carbonyl (C=O) groups is 4. The number of alkyl carbamates (subject to hydrolysis) is 1. The van der Waals surface area contributed by atoms with Crippen molar-refractivity contribution in [3.8, 4) is 0 Å². The summed E-state index contributed by atoms with van der Waals surface area (Å²) < 4.78 is 26.3. The van der Waals surface area contributed by atoms with Gasteiger partial charge in [-0.1, -0.05) is 87.0 Å². The van der Waals surface area contributed by atoms with Crippen LogP contribution in [0.4, 0.5) is 10.6 Å². The third kappa shape index (κ3) is 23.2. The topological polar surface area (TPSA) is 360 Å². The van der Waals surface area contributed by atoms with Gasteiger partial charge >= 0.3 is 24.0 Å². The van der Waals surface area contributed by atoms with Gasteiger partial charge in [-0.2, -0.15) is 0 Å². The second-order valence-electron chi connectivity index (χ2n) is 28.0. The van der Waals surface area contributed by atoms with Crippen molar-refractivity contribution >= 4 is 96.5 Å². The van der Waals surface area contributed by atoms with Crippen LogP contribution in [-0.2, 0) is 52.6 Å². The second kappa shape index (κ2) is 38.4.